The van der Waals surface area contributed by atoms with Gasteiger partial charge in [-0.15, -0.1) is 0 Å². The Morgan fingerprint density at radius 3 is 2.24 bits per heavy atom. The molecule has 4 nitrogen and oxygen atoms in total. The van der Waals surface area contributed by atoms with Gasteiger partial charge in [0.2, 0.25) is 11.7 Å². The summed E-state index contributed by atoms with van der Waals surface area (Å²) in [5.41, 5.74) is -1.08. The van der Waals surface area contributed by atoms with Crippen molar-refractivity contribution in [3.05, 3.63) is 106 Å². The van der Waals surface area contributed by atoms with Crippen LogP contribution in [0.5, 0.6) is 0 Å². The molecule has 0 N–H and O–H groups in total. The molecule has 0 aliphatic carbocycles. The number of hydrogen-bond donors (Lipinski definition) is 0. The van der Waals surface area contributed by atoms with Gasteiger partial charge in [-0.1, -0.05) is 93.9 Å². The lowest BCUT2D eigenvalue weighted by molar-refractivity contribution is 0.0885. The van der Waals surface area contributed by atoms with Gasteiger partial charge in [-0.25, -0.2) is 0 Å². The van der Waals surface area contributed by atoms with Crippen molar-refractivity contribution in [3.63, 3.8) is 0 Å². The van der Waals surface area contributed by atoms with E-state index in [2.05, 4.69) is 26.1 Å². The average molecular weight is 531 g/mol. The van der Waals surface area contributed by atoms with Gasteiger partial charge in [-0.3, -0.25) is 0 Å². The molecule has 1 aromatic heterocycles. The van der Waals surface area contributed by atoms with Gasteiger partial charge in [0.1, 0.15) is 0 Å². The van der Waals surface area contributed by atoms with E-state index in [9.17, 15) is 13.3 Å². The molecule has 1 heterocycles. The molecule has 0 saturated carbocycles. The predicted octanol–water partition coefficient (Wildman–Crippen LogP) is 7.55. The van der Waals surface area contributed by atoms with Crippen molar-refractivity contribution in [1.29, 1.82) is 0 Å². The first-order valence-electron chi connectivity index (χ1n) is 10.3. The Morgan fingerprint density at radius 2 is 1.64 bits per heavy atom. The normalized spacial score (nSPS) is 13.1. The van der Waals surface area contributed by atoms with Gasteiger partial charge in [0.15, 0.2) is 7.14 Å². The van der Waals surface area contributed by atoms with Gasteiger partial charge >= 0.3 is 5.66 Å². The molecule has 0 saturated heterocycles. The molecule has 0 radical (unpaired) electrons. The summed E-state index contributed by atoms with van der Waals surface area (Å²) in [5.74, 6) is 0.666. The van der Waals surface area contributed by atoms with E-state index in [1.807, 2.05) is 60.7 Å². The van der Waals surface area contributed by atoms with Crippen LogP contribution in [-0.2, 0) is 16.6 Å². The van der Waals surface area contributed by atoms with Gasteiger partial charge in [0.05, 0.1) is 5.92 Å². The highest BCUT2D eigenvalue weighted by Crippen LogP contribution is 2.61. The first kappa shape index (κ1) is 23.5. The van der Waals surface area contributed by atoms with Crippen LogP contribution < -0.4 is 0 Å². The largest absolute Gasteiger partial charge is 0.338 e. The first-order valence-corrected chi connectivity index (χ1v) is 13.7. The van der Waals surface area contributed by atoms with Gasteiger partial charge in [-0.2, -0.15) is 13.8 Å². The second-order valence-electron chi connectivity index (χ2n) is 8.20. The van der Waals surface area contributed by atoms with Crippen LogP contribution in [-0.4, -0.2) is 23.5 Å². The van der Waals surface area contributed by atoms with Crippen molar-refractivity contribution in [2.75, 3.05) is 13.3 Å². The Labute approximate surface area is 199 Å². The van der Waals surface area contributed by atoms with Gasteiger partial charge in [-0.05, 0) is 36.9 Å². The molecule has 3 aromatic carbocycles. The van der Waals surface area contributed by atoms with Crippen LogP contribution in [0.3, 0.4) is 0 Å². The predicted molar refractivity (Wildman–Crippen MR) is 129 cm³/mol. The zero-order valence-electron chi connectivity index (χ0n) is 18.1. The van der Waals surface area contributed by atoms with E-state index in [4.69, 9.17) is 4.52 Å². The van der Waals surface area contributed by atoms with E-state index in [1.165, 1.54) is 6.07 Å². The third-order valence-corrected chi connectivity index (χ3v) is 7.70. The standard InChI is InChI=1S/C25H22BrF2N2O2P/c1-33(2,31)25(27,28)21-14-13-17(16-22(21)26)15-20(18-9-5-3-6-10-18)24-29-23(30-32-24)19-11-7-4-8-12-19/h3-14,16,20H,15H2,1-2H3. The summed E-state index contributed by atoms with van der Waals surface area (Å²) in [6, 6.07) is 23.9. The van der Waals surface area contributed by atoms with Crippen LogP contribution in [0.25, 0.3) is 11.4 Å². The highest BCUT2D eigenvalue weighted by atomic mass is 79.9. The Hall–Kier alpha value is -2.63. The molecule has 0 aliphatic heterocycles. The van der Waals surface area contributed by atoms with Crippen LogP contribution >= 0.6 is 23.1 Å². The fraction of sp³-hybridized carbons (Fsp3) is 0.200. The molecular formula is C25H22BrF2N2O2P. The van der Waals surface area contributed by atoms with E-state index in [1.54, 1.807) is 12.1 Å². The van der Waals surface area contributed by atoms with Crippen LogP contribution in [0, 0.1) is 0 Å². The lowest BCUT2D eigenvalue weighted by atomic mass is 9.91. The molecule has 170 valence electrons. The highest BCUT2D eigenvalue weighted by Gasteiger charge is 2.45. The third kappa shape index (κ3) is 4.99. The summed E-state index contributed by atoms with van der Waals surface area (Å²) in [6.45, 7) is 2.19. The first-order chi connectivity index (χ1) is 15.7. The molecule has 1 atom stereocenters. The minimum absolute atomic E-state index is 0.219. The van der Waals surface area contributed by atoms with Crippen LogP contribution in [0.2, 0.25) is 0 Å². The second-order valence-corrected chi connectivity index (χ2v) is 12.3. The summed E-state index contributed by atoms with van der Waals surface area (Å²) in [4.78, 5) is 4.62. The zero-order valence-corrected chi connectivity index (χ0v) is 20.6. The number of rotatable bonds is 7. The van der Waals surface area contributed by atoms with Crippen molar-refractivity contribution >= 4 is 23.1 Å². The highest BCUT2D eigenvalue weighted by molar-refractivity contribution is 9.10. The maximum atomic E-state index is 14.7. The monoisotopic (exact) mass is 530 g/mol. The second kappa shape index (κ2) is 9.32. The van der Waals surface area contributed by atoms with Crippen molar-refractivity contribution in [2.24, 2.45) is 0 Å². The minimum atomic E-state index is -3.68. The number of nitrogens with zero attached hydrogens (tertiary/aromatic N) is 2. The lowest BCUT2D eigenvalue weighted by Crippen LogP contribution is -2.14. The number of hydrogen-bond acceptors (Lipinski definition) is 4. The Bertz CT molecular complexity index is 1290. The smallest absolute Gasteiger partial charge is 0.323 e. The van der Waals surface area contributed by atoms with E-state index in [0.717, 1.165) is 30.0 Å². The van der Waals surface area contributed by atoms with Crippen LogP contribution in [0.1, 0.15) is 28.5 Å². The molecule has 1 unspecified atom stereocenters. The molecule has 0 bridgehead atoms. The molecule has 0 spiro atoms. The van der Waals surface area contributed by atoms with E-state index < -0.39 is 12.8 Å². The summed E-state index contributed by atoms with van der Waals surface area (Å²) >= 11 is 3.26. The Balaban J connectivity index is 1.69. The minimum Gasteiger partial charge on any atom is -0.338 e. The topological polar surface area (TPSA) is 56.0 Å². The summed E-state index contributed by atoms with van der Waals surface area (Å²) in [7, 11) is -3.68. The average Bonchev–Trinajstić information content (AvgIpc) is 3.28. The van der Waals surface area contributed by atoms with Gasteiger partial charge in [0.25, 0.3) is 0 Å². The maximum Gasteiger partial charge on any atom is 0.323 e. The summed E-state index contributed by atoms with van der Waals surface area (Å²) in [5, 5.41) is 4.14. The molecule has 0 aliphatic rings. The Kier molecular flexibility index (Phi) is 6.64. The fourth-order valence-corrected chi connectivity index (χ4v) is 5.17. The van der Waals surface area contributed by atoms with E-state index in [0.29, 0.717) is 18.1 Å². The van der Waals surface area contributed by atoms with Crippen LogP contribution in [0.15, 0.2) is 87.9 Å². The summed E-state index contributed by atoms with van der Waals surface area (Å²) in [6.07, 6.45) is 0.459. The fourth-order valence-electron chi connectivity index (χ4n) is 3.57. The number of alkyl halides is 2. The van der Waals surface area contributed by atoms with Gasteiger partial charge in [0, 0.05) is 15.6 Å². The lowest BCUT2D eigenvalue weighted by Gasteiger charge is -2.23. The van der Waals surface area contributed by atoms with E-state index in [-0.39, 0.29) is 16.0 Å². The number of aromatic nitrogens is 2. The van der Waals surface area contributed by atoms with E-state index >= 15 is 0 Å². The summed E-state index contributed by atoms with van der Waals surface area (Å²) < 4.78 is 47.4. The van der Waals surface area contributed by atoms with Crippen molar-refractivity contribution in [1.82, 2.24) is 10.1 Å². The number of halogens is 3. The molecule has 0 fully saturated rings. The maximum absolute atomic E-state index is 14.7. The van der Waals surface area contributed by atoms with Crippen molar-refractivity contribution in [3.8, 4) is 11.4 Å². The third-order valence-electron chi connectivity index (χ3n) is 5.45. The molecule has 0 amide bonds. The van der Waals surface area contributed by atoms with Crippen molar-refractivity contribution in [2.45, 2.75) is 18.0 Å². The molecular weight excluding hydrogens is 509 g/mol. The van der Waals surface area contributed by atoms with Crippen molar-refractivity contribution < 1.29 is 17.9 Å². The number of benzene rings is 3. The van der Waals surface area contributed by atoms with Gasteiger partial charge < -0.3 is 9.09 Å². The van der Waals surface area contributed by atoms with Crippen LogP contribution in [0.4, 0.5) is 8.78 Å². The quantitative estimate of drug-likeness (QED) is 0.231. The molecule has 8 heteroatoms. The molecule has 4 aromatic rings. The molecule has 33 heavy (non-hydrogen) atoms. The zero-order chi connectivity index (χ0) is 23.6. The Morgan fingerprint density at radius 1 is 1.00 bits per heavy atom. The molecule has 4 rings (SSSR count). The SMILES string of the molecule is CP(C)(=O)C(F)(F)c1ccc(CC(c2ccccc2)c2nc(-c3ccccc3)no2)cc1Br.